The predicted octanol–water partition coefficient (Wildman–Crippen LogP) is 2.17. The third-order valence-corrected chi connectivity index (χ3v) is 4.07. The zero-order chi connectivity index (χ0) is 20.4. The van der Waals surface area contributed by atoms with Crippen molar-refractivity contribution in [2.75, 3.05) is 6.54 Å². The van der Waals surface area contributed by atoms with E-state index in [0.717, 1.165) is 16.2 Å². The molecule has 0 heterocycles. The first kappa shape index (κ1) is 21.1. The average molecular weight is 384 g/mol. The molecule has 2 N–H and O–H groups in total. The Labute approximate surface area is 163 Å². The molecule has 148 valence electrons. The SMILES string of the molecule is CC(=O)N(OCc1ccccc1)C(CCc1ccccc1)C(=O)NCC(=O)O. The van der Waals surface area contributed by atoms with E-state index in [9.17, 15) is 14.4 Å². The van der Waals surface area contributed by atoms with E-state index in [2.05, 4.69) is 5.32 Å². The Hall–Kier alpha value is -3.19. The van der Waals surface area contributed by atoms with Crippen molar-refractivity contribution in [2.45, 2.75) is 32.4 Å². The Kier molecular flexibility index (Phi) is 8.17. The second-order valence-electron chi connectivity index (χ2n) is 6.26. The molecule has 0 saturated carbocycles. The summed E-state index contributed by atoms with van der Waals surface area (Å²) in [4.78, 5) is 41.2. The number of hydrogen-bond acceptors (Lipinski definition) is 4. The smallest absolute Gasteiger partial charge is 0.322 e. The van der Waals surface area contributed by atoms with Crippen molar-refractivity contribution in [1.82, 2.24) is 10.4 Å². The molecular weight excluding hydrogens is 360 g/mol. The van der Waals surface area contributed by atoms with Crippen LogP contribution >= 0.6 is 0 Å². The maximum Gasteiger partial charge on any atom is 0.322 e. The summed E-state index contributed by atoms with van der Waals surface area (Å²) >= 11 is 0. The fraction of sp³-hybridized carbons (Fsp3) is 0.286. The van der Waals surface area contributed by atoms with Crippen LogP contribution < -0.4 is 5.32 Å². The van der Waals surface area contributed by atoms with Gasteiger partial charge in [0.05, 0.1) is 0 Å². The molecule has 0 bridgehead atoms. The number of aryl methyl sites for hydroxylation is 1. The fourth-order valence-electron chi connectivity index (χ4n) is 2.70. The van der Waals surface area contributed by atoms with Crippen LogP contribution in [0.15, 0.2) is 60.7 Å². The molecule has 2 aromatic carbocycles. The van der Waals surface area contributed by atoms with Crippen LogP contribution in [0.2, 0.25) is 0 Å². The Morgan fingerprint density at radius 1 is 1.00 bits per heavy atom. The summed E-state index contributed by atoms with van der Waals surface area (Å²) in [6, 6.07) is 17.9. The van der Waals surface area contributed by atoms with Crippen LogP contribution in [0.25, 0.3) is 0 Å². The molecule has 0 aliphatic carbocycles. The number of carbonyl (C=O) groups is 3. The minimum absolute atomic E-state index is 0.120. The zero-order valence-corrected chi connectivity index (χ0v) is 15.7. The fourth-order valence-corrected chi connectivity index (χ4v) is 2.70. The predicted molar refractivity (Wildman–Crippen MR) is 103 cm³/mol. The van der Waals surface area contributed by atoms with Gasteiger partial charge in [0.15, 0.2) is 0 Å². The molecule has 2 rings (SSSR count). The Morgan fingerprint density at radius 3 is 2.11 bits per heavy atom. The van der Waals surface area contributed by atoms with Crippen molar-refractivity contribution in [3.63, 3.8) is 0 Å². The second-order valence-corrected chi connectivity index (χ2v) is 6.26. The number of nitrogens with zero attached hydrogens (tertiary/aromatic N) is 1. The molecule has 0 aromatic heterocycles. The van der Waals surface area contributed by atoms with Gasteiger partial charge in [-0.3, -0.25) is 19.2 Å². The van der Waals surface area contributed by atoms with Crippen molar-refractivity contribution < 1.29 is 24.3 Å². The van der Waals surface area contributed by atoms with Crippen molar-refractivity contribution in [1.29, 1.82) is 0 Å². The van der Waals surface area contributed by atoms with E-state index in [-0.39, 0.29) is 6.61 Å². The highest BCUT2D eigenvalue weighted by Gasteiger charge is 2.29. The molecule has 7 heteroatoms. The summed E-state index contributed by atoms with van der Waals surface area (Å²) in [6.07, 6.45) is 0.828. The molecule has 0 spiro atoms. The lowest BCUT2D eigenvalue weighted by Crippen LogP contribution is -2.50. The van der Waals surface area contributed by atoms with Crippen LogP contribution in [0.5, 0.6) is 0 Å². The summed E-state index contributed by atoms with van der Waals surface area (Å²) < 4.78 is 0. The molecular formula is C21H24N2O5. The van der Waals surface area contributed by atoms with Gasteiger partial charge < -0.3 is 10.4 Å². The van der Waals surface area contributed by atoms with Crippen LogP contribution in [0, 0.1) is 0 Å². The molecule has 0 fully saturated rings. The van der Waals surface area contributed by atoms with Crippen molar-refractivity contribution >= 4 is 17.8 Å². The first-order valence-corrected chi connectivity index (χ1v) is 8.97. The first-order chi connectivity index (χ1) is 13.5. The topological polar surface area (TPSA) is 95.9 Å². The van der Waals surface area contributed by atoms with Gasteiger partial charge in [0.25, 0.3) is 0 Å². The molecule has 0 aliphatic heterocycles. The van der Waals surface area contributed by atoms with E-state index >= 15 is 0 Å². The first-order valence-electron chi connectivity index (χ1n) is 8.97. The van der Waals surface area contributed by atoms with Crippen molar-refractivity contribution in [2.24, 2.45) is 0 Å². The summed E-state index contributed by atoms with van der Waals surface area (Å²) in [6.45, 7) is 0.907. The number of aliphatic carboxylic acids is 1. The van der Waals surface area contributed by atoms with Gasteiger partial charge in [-0.2, -0.15) is 0 Å². The summed E-state index contributed by atoms with van der Waals surface area (Å²) in [5, 5.41) is 12.2. The third-order valence-electron chi connectivity index (χ3n) is 4.07. The number of hydroxylamine groups is 2. The minimum atomic E-state index is -1.16. The molecule has 2 amide bonds. The highest BCUT2D eigenvalue weighted by Crippen LogP contribution is 2.14. The van der Waals surface area contributed by atoms with Gasteiger partial charge in [-0.05, 0) is 24.0 Å². The van der Waals surface area contributed by atoms with Gasteiger partial charge in [0, 0.05) is 6.92 Å². The molecule has 7 nitrogen and oxygen atoms in total. The zero-order valence-electron chi connectivity index (χ0n) is 15.7. The average Bonchev–Trinajstić information content (AvgIpc) is 2.69. The number of hydrogen-bond donors (Lipinski definition) is 2. The molecule has 1 unspecified atom stereocenters. The van der Waals surface area contributed by atoms with Crippen molar-refractivity contribution in [3.8, 4) is 0 Å². The lowest BCUT2D eigenvalue weighted by molar-refractivity contribution is -0.206. The monoisotopic (exact) mass is 384 g/mol. The normalized spacial score (nSPS) is 11.5. The lowest BCUT2D eigenvalue weighted by Gasteiger charge is -2.29. The number of carbonyl (C=O) groups excluding carboxylic acids is 2. The van der Waals surface area contributed by atoms with Gasteiger partial charge in [-0.25, -0.2) is 5.06 Å². The van der Waals surface area contributed by atoms with E-state index in [4.69, 9.17) is 9.94 Å². The molecule has 1 atom stereocenters. The summed E-state index contributed by atoms with van der Waals surface area (Å²) in [5.74, 6) is -2.16. The van der Waals surface area contributed by atoms with Crippen LogP contribution in [0.3, 0.4) is 0 Å². The summed E-state index contributed by atoms with van der Waals surface area (Å²) in [5.41, 5.74) is 1.85. The van der Waals surface area contributed by atoms with Crippen LogP contribution in [-0.4, -0.2) is 40.5 Å². The van der Waals surface area contributed by atoms with E-state index in [1.807, 2.05) is 60.7 Å². The Morgan fingerprint density at radius 2 is 1.57 bits per heavy atom. The standard InChI is InChI=1S/C21H24N2O5/c1-16(24)23(28-15-18-10-6-3-7-11-18)19(21(27)22-14-20(25)26)13-12-17-8-4-2-5-9-17/h2-11,19H,12-15H2,1H3,(H,22,27)(H,25,26). The number of amides is 2. The molecule has 0 aliphatic rings. The van der Waals surface area contributed by atoms with E-state index in [1.54, 1.807) is 0 Å². The van der Waals surface area contributed by atoms with Crippen LogP contribution in [0.4, 0.5) is 0 Å². The number of rotatable bonds is 10. The number of carboxylic acids is 1. The van der Waals surface area contributed by atoms with Gasteiger partial charge in [0.1, 0.15) is 19.2 Å². The highest BCUT2D eigenvalue weighted by atomic mass is 16.7. The largest absolute Gasteiger partial charge is 0.480 e. The van der Waals surface area contributed by atoms with E-state index < -0.39 is 30.4 Å². The van der Waals surface area contributed by atoms with Crippen LogP contribution in [-0.2, 0) is 32.2 Å². The molecule has 2 aromatic rings. The molecule has 0 radical (unpaired) electrons. The number of benzene rings is 2. The third kappa shape index (κ3) is 6.85. The second kappa shape index (κ2) is 10.8. The summed E-state index contributed by atoms with van der Waals surface area (Å²) in [7, 11) is 0. The molecule has 28 heavy (non-hydrogen) atoms. The Bertz CT molecular complexity index is 780. The van der Waals surface area contributed by atoms with Crippen molar-refractivity contribution in [3.05, 3.63) is 71.8 Å². The molecule has 0 saturated heterocycles. The van der Waals surface area contributed by atoms with Gasteiger partial charge >= 0.3 is 5.97 Å². The maximum absolute atomic E-state index is 12.6. The maximum atomic E-state index is 12.6. The number of nitrogens with one attached hydrogen (secondary N) is 1. The Balaban J connectivity index is 2.12. The number of carboxylic acid groups (broad SMARTS) is 1. The van der Waals surface area contributed by atoms with Gasteiger partial charge in [-0.1, -0.05) is 60.7 Å². The van der Waals surface area contributed by atoms with E-state index in [1.165, 1.54) is 6.92 Å². The quantitative estimate of drug-likeness (QED) is 0.612. The van der Waals surface area contributed by atoms with Gasteiger partial charge in [0.2, 0.25) is 11.8 Å². The van der Waals surface area contributed by atoms with Gasteiger partial charge in [-0.15, -0.1) is 0 Å². The minimum Gasteiger partial charge on any atom is -0.480 e. The van der Waals surface area contributed by atoms with Crippen LogP contribution in [0.1, 0.15) is 24.5 Å². The highest BCUT2D eigenvalue weighted by molar-refractivity contribution is 5.88. The van der Waals surface area contributed by atoms with E-state index in [0.29, 0.717) is 12.8 Å². The lowest BCUT2D eigenvalue weighted by atomic mass is 10.0.